The molecule has 1 aliphatic rings. The van der Waals surface area contributed by atoms with Gasteiger partial charge in [0.1, 0.15) is 11.6 Å². The Kier molecular flexibility index (Phi) is 5.00. The lowest BCUT2D eigenvalue weighted by Gasteiger charge is -2.09. The molecule has 3 heterocycles. The first-order valence-electron chi connectivity index (χ1n) is 9.74. The average molecular weight is 430 g/mol. The maximum atomic E-state index is 12.3. The summed E-state index contributed by atoms with van der Waals surface area (Å²) in [6.45, 7) is 2.07. The summed E-state index contributed by atoms with van der Waals surface area (Å²) in [7, 11) is 0. The molecule has 0 fully saturated rings. The van der Waals surface area contributed by atoms with Gasteiger partial charge < -0.3 is 24.8 Å². The number of rotatable bonds is 5. The quantitative estimate of drug-likeness (QED) is 0.489. The first-order chi connectivity index (χ1) is 15.6. The minimum atomic E-state index is -0.381. The Morgan fingerprint density at radius 3 is 2.50 bits per heavy atom. The Morgan fingerprint density at radius 2 is 1.75 bits per heavy atom. The summed E-state index contributed by atoms with van der Waals surface area (Å²) in [5, 5.41) is 13.8. The van der Waals surface area contributed by atoms with Crippen LogP contribution in [-0.2, 0) is 0 Å². The van der Waals surface area contributed by atoms with Crippen LogP contribution in [-0.4, -0.2) is 32.6 Å². The molecule has 0 saturated carbocycles. The first-order valence-corrected chi connectivity index (χ1v) is 9.74. The van der Waals surface area contributed by atoms with Crippen molar-refractivity contribution in [2.75, 3.05) is 17.4 Å². The zero-order valence-corrected chi connectivity index (χ0v) is 17.0. The summed E-state index contributed by atoms with van der Waals surface area (Å²) in [6.07, 6.45) is 3.51. The van der Waals surface area contributed by atoms with Crippen molar-refractivity contribution in [2.45, 2.75) is 6.92 Å². The number of hydrogen-bond acceptors (Lipinski definition) is 7. The van der Waals surface area contributed by atoms with Crippen LogP contribution in [0.5, 0.6) is 23.1 Å². The van der Waals surface area contributed by atoms with Crippen molar-refractivity contribution >= 4 is 17.4 Å². The van der Waals surface area contributed by atoms with Crippen molar-refractivity contribution in [2.24, 2.45) is 0 Å². The molecule has 0 radical (unpaired) electrons. The van der Waals surface area contributed by atoms with Crippen LogP contribution in [0.4, 0.5) is 16.2 Å². The molecule has 1 aliphatic heterocycles. The van der Waals surface area contributed by atoms with Crippen LogP contribution in [0.2, 0.25) is 0 Å². The molecule has 2 aromatic heterocycles. The van der Waals surface area contributed by atoms with Gasteiger partial charge in [-0.1, -0.05) is 0 Å². The van der Waals surface area contributed by atoms with Crippen molar-refractivity contribution in [1.82, 2.24) is 19.7 Å². The van der Waals surface area contributed by atoms with Gasteiger partial charge in [0.25, 0.3) is 0 Å². The molecule has 10 nitrogen and oxygen atoms in total. The fourth-order valence-electron chi connectivity index (χ4n) is 3.11. The van der Waals surface area contributed by atoms with Gasteiger partial charge >= 0.3 is 6.03 Å². The third kappa shape index (κ3) is 4.15. The molecule has 2 N–H and O–H groups in total. The van der Waals surface area contributed by atoms with Crippen molar-refractivity contribution in [3.05, 3.63) is 72.8 Å². The van der Waals surface area contributed by atoms with E-state index in [1.807, 2.05) is 17.7 Å². The lowest BCUT2D eigenvalue weighted by molar-refractivity contribution is 0.174. The SMILES string of the molecule is Cc1nccn1-c1ccc(Oc2ccc(NC(=O)Nc3ccc4c(c3)OCO4)cc2)nn1. The number of urea groups is 1. The molecule has 0 unspecified atom stereocenters. The second kappa shape index (κ2) is 8.26. The maximum absolute atomic E-state index is 12.3. The van der Waals surface area contributed by atoms with Crippen molar-refractivity contribution in [3.63, 3.8) is 0 Å². The number of aryl methyl sites for hydroxylation is 1. The van der Waals surface area contributed by atoms with Gasteiger partial charge in [0.05, 0.1) is 0 Å². The fourth-order valence-corrected chi connectivity index (χ4v) is 3.11. The number of nitrogens with zero attached hydrogens (tertiary/aromatic N) is 4. The van der Waals surface area contributed by atoms with E-state index in [2.05, 4.69) is 25.8 Å². The highest BCUT2D eigenvalue weighted by Crippen LogP contribution is 2.34. The van der Waals surface area contributed by atoms with Crippen LogP contribution >= 0.6 is 0 Å². The van der Waals surface area contributed by atoms with E-state index >= 15 is 0 Å². The van der Waals surface area contributed by atoms with Crippen molar-refractivity contribution < 1.29 is 19.0 Å². The van der Waals surface area contributed by atoms with Gasteiger partial charge in [0.15, 0.2) is 17.3 Å². The molecule has 160 valence electrons. The van der Waals surface area contributed by atoms with E-state index in [-0.39, 0.29) is 12.8 Å². The van der Waals surface area contributed by atoms with Gasteiger partial charge in [-0.25, -0.2) is 9.78 Å². The largest absolute Gasteiger partial charge is 0.454 e. The topological polar surface area (TPSA) is 112 Å². The third-order valence-electron chi connectivity index (χ3n) is 4.66. The van der Waals surface area contributed by atoms with Gasteiger partial charge in [-0.3, -0.25) is 4.57 Å². The zero-order valence-electron chi connectivity index (χ0n) is 17.0. The lowest BCUT2D eigenvalue weighted by atomic mass is 10.3. The molecule has 32 heavy (non-hydrogen) atoms. The smallest absolute Gasteiger partial charge is 0.323 e. The molecular weight excluding hydrogens is 412 g/mol. The summed E-state index contributed by atoms with van der Waals surface area (Å²) in [5.41, 5.74) is 1.20. The Bertz CT molecular complexity index is 1250. The van der Waals surface area contributed by atoms with Crippen LogP contribution < -0.4 is 24.8 Å². The molecule has 5 rings (SSSR count). The zero-order chi connectivity index (χ0) is 21.9. The second-order valence-electron chi connectivity index (χ2n) is 6.85. The van der Waals surface area contributed by atoms with E-state index in [1.54, 1.807) is 60.8 Å². The lowest BCUT2D eigenvalue weighted by Crippen LogP contribution is -2.19. The number of aromatic nitrogens is 4. The molecule has 2 amide bonds. The van der Waals surface area contributed by atoms with E-state index in [9.17, 15) is 4.79 Å². The van der Waals surface area contributed by atoms with Crippen molar-refractivity contribution in [3.8, 4) is 28.9 Å². The fraction of sp³-hybridized carbons (Fsp3) is 0.0909. The van der Waals surface area contributed by atoms with E-state index in [0.29, 0.717) is 40.3 Å². The van der Waals surface area contributed by atoms with Gasteiger partial charge in [-0.15, -0.1) is 10.2 Å². The molecule has 2 aromatic carbocycles. The molecule has 0 saturated heterocycles. The Morgan fingerprint density at radius 1 is 0.969 bits per heavy atom. The predicted octanol–water partition coefficient (Wildman–Crippen LogP) is 4.14. The second-order valence-corrected chi connectivity index (χ2v) is 6.85. The van der Waals surface area contributed by atoms with Gasteiger partial charge in [-0.05, 0) is 49.4 Å². The average Bonchev–Trinajstić information content (AvgIpc) is 3.44. The molecule has 0 aliphatic carbocycles. The number of amides is 2. The number of carbonyl (C=O) groups excluding carboxylic acids is 1. The summed E-state index contributed by atoms with van der Waals surface area (Å²) in [6, 6.07) is 15.3. The van der Waals surface area contributed by atoms with Crippen LogP contribution in [0.1, 0.15) is 5.82 Å². The summed E-state index contributed by atoms with van der Waals surface area (Å²) >= 11 is 0. The molecule has 4 aromatic rings. The van der Waals surface area contributed by atoms with Gasteiger partial charge in [0, 0.05) is 35.9 Å². The number of nitrogens with one attached hydrogen (secondary N) is 2. The van der Waals surface area contributed by atoms with Crippen LogP contribution in [0, 0.1) is 6.92 Å². The Balaban J connectivity index is 1.18. The Hall–Kier alpha value is -4.60. The highest BCUT2D eigenvalue weighted by atomic mass is 16.7. The number of ether oxygens (including phenoxy) is 3. The van der Waals surface area contributed by atoms with E-state index in [4.69, 9.17) is 14.2 Å². The molecule has 10 heteroatoms. The summed E-state index contributed by atoms with van der Waals surface area (Å²) < 4.78 is 18.1. The Labute approximate surface area is 182 Å². The standard InChI is InChI=1S/C22H18N6O4/c1-14-23-10-11-28(14)20-8-9-21(27-26-20)32-17-5-2-15(3-6-17)24-22(29)25-16-4-7-18-19(12-16)31-13-30-18/h2-12H,13H2,1H3,(H2,24,25,29). The van der Waals surface area contributed by atoms with Crippen LogP contribution in [0.15, 0.2) is 67.0 Å². The van der Waals surface area contributed by atoms with Crippen LogP contribution in [0.25, 0.3) is 5.82 Å². The number of hydrogen-bond donors (Lipinski definition) is 2. The van der Waals surface area contributed by atoms with Crippen LogP contribution in [0.3, 0.4) is 0 Å². The van der Waals surface area contributed by atoms with E-state index < -0.39 is 0 Å². The normalized spacial score (nSPS) is 11.8. The highest BCUT2D eigenvalue weighted by Gasteiger charge is 2.14. The number of benzene rings is 2. The van der Waals surface area contributed by atoms with Gasteiger partial charge in [0.2, 0.25) is 12.7 Å². The first kappa shape index (κ1) is 19.4. The number of carbonyl (C=O) groups is 1. The third-order valence-corrected chi connectivity index (χ3v) is 4.66. The minimum absolute atomic E-state index is 0.180. The van der Waals surface area contributed by atoms with E-state index in [0.717, 1.165) is 5.82 Å². The number of anilines is 2. The van der Waals surface area contributed by atoms with Crippen molar-refractivity contribution in [1.29, 1.82) is 0 Å². The monoisotopic (exact) mass is 430 g/mol. The maximum Gasteiger partial charge on any atom is 0.323 e. The molecule has 0 bridgehead atoms. The molecule has 0 spiro atoms. The summed E-state index contributed by atoms with van der Waals surface area (Å²) in [5.74, 6) is 3.64. The number of imidazole rings is 1. The summed E-state index contributed by atoms with van der Waals surface area (Å²) in [4.78, 5) is 16.4. The number of fused-ring (bicyclic) bond motifs is 1. The van der Waals surface area contributed by atoms with Gasteiger partial charge in [-0.2, -0.15) is 0 Å². The minimum Gasteiger partial charge on any atom is -0.454 e. The highest BCUT2D eigenvalue weighted by molar-refractivity contribution is 6.00. The predicted molar refractivity (Wildman–Crippen MR) is 116 cm³/mol. The molecular formula is C22H18N6O4. The van der Waals surface area contributed by atoms with E-state index in [1.165, 1.54) is 0 Å². The molecule has 0 atom stereocenters.